The van der Waals surface area contributed by atoms with Crippen LogP contribution < -0.4 is 0 Å². The van der Waals surface area contributed by atoms with Crippen LogP contribution in [0.2, 0.25) is 0 Å². The highest BCUT2D eigenvalue weighted by Gasteiger charge is 2.19. The normalized spacial score (nSPS) is 13.1. The number of hydrogen-bond donors (Lipinski definition) is 1. The van der Waals surface area contributed by atoms with Crippen LogP contribution in [0.3, 0.4) is 0 Å². The van der Waals surface area contributed by atoms with Crippen LogP contribution in [0.4, 0.5) is 0 Å². The summed E-state index contributed by atoms with van der Waals surface area (Å²) in [5.41, 5.74) is 1.22. The van der Waals surface area contributed by atoms with Gasteiger partial charge in [-0.2, -0.15) is 0 Å². The molecule has 0 aliphatic carbocycles. The summed E-state index contributed by atoms with van der Waals surface area (Å²) in [5, 5.41) is 9.43. The van der Waals surface area contributed by atoms with Gasteiger partial charge in [-0.3, -0.25) is 0 Å². The molecule has 3 heteroatoms. The lowest BCUT2D eigenvalue weighted by atomic mass is 10.00. The van der Waals surface area contributed by atoms with Gasteiger partial charge >= 0.3 is 5.97 Å². The van der Waals surface area contributed by atoms with Gasteiger partial charge in [0, 0.05) is 7.11 Å². The highest BCUT2D eigenvalue weighted by Crippen LogP contribution is 2.18. The van der Waals surface area contributed by atoms with Gasteiger partial charge in [0.2, 0.25) is 0 Å². The van der Waals surface area contributed by atoms with Crippen molar-refractivity contribution in [2.24, 2.45) is 0 Å². The first kappa shape index (κ1) is 17.4. The van der Waals surface area contributed by atoms with E-state index >= 15 is 0 Å². The molecule has 3 nitrogen and oxygen atoms in total. The molecule has 0 aliphatic heterocycles. The van der Waals surface area contributed by atoms with Gasteiger partial charge in [0.15, 0.2) is 0 Å². The monoisotopic (exact) mass is 290 g/mol. The van der Waals surface area contributed by atoms with E-state index in [9.17, 15) is 9.90 Å². The summed E-state index contributed by atoms with van der Waals surface area (Å²) in [6.45, 7) is 2.18. The Morgan fingerprint density at radius 1 is 1.19 bits per heavy atom. The average Bonchev–Trinajstić information content (AvgIpc) is 2.50. The van der Waals surface area contributed by atoms with Crippen molar-refractivity contribution in [3.63, 3.8) is 0 Å². The molecule has 0 amide bonds. The summed E-state index contributed by atoms with van der Waals surface area (Å²) in [6, 6.07) is 9.52. The molecule has 1 unspecified atom stereocenters. The first-order valence-electron chi connectivity index (χ1n) is 7.71. The van der Waals surface area contributed by atoms with Crippen LogP contribution in [0, 0.1) is 0 Å². The van der Waals surface area contributed by atoms with Gasteiger partial charge in [-0.1, -0.05) is 69.4 Å². The molecule has 1 rings (SSSR count). The van der Waals surface area contributed by atoms with Crippen molar-refractivity contribution < 1.29 is 14.6 Å². The van der Waals surface area contributed by atoms with E-state index in [1.165, 1.54) is 19.3 Å². The van der Waals surface area contributed by atoms with Gasteiger partial charge in [-0.15, -0.1) is 0 Å². The summed E-state index contributed by atoms with van der Waals surface area (Å²) in [5.74, 6) is -0.903. The lowest BCUT2D eigenvalue weighted by Gasteiger charge is -2.16. The third kappa shape index (κ3) is 6.58. The minimum atomic E-state index is -0.903. The van der Waals surface area contributed by atoms with Crippen molar-refractivity contribution in [3.8, 4) is 0 Å². The molecule has 1 aromatic rings. The zero-order valence-corrected chi connectivity index (χ0v) is 13.0. The molecule has 1 aromatic carbocycles. The van der Waals surface area contributed by atoms with Crippen LogP contribution in [0.5, 0.6) is 0 Å². The highest BCUT2D eigenvalue weighted by molar-refractivity contribution is 5.93. The van der Waals surface area contributed by atoms with Crippen LogP contribution in [-0.2, 0) is 9.53 Å². The molecule has 116 valence electrons. The Balaban J connectivity index is 2.68. The van der Waals surface area contributed by atoms with Crippen molar-refractivity contribution in [2.45, 2.75) is 51.6 Å². The molecule has 1 N–H and O–H groups in total. The second-order valence-corrected chi connectivity index (χ2v) is 5.24. The Bertz CT molecular complexity index is 437. The number of methoxy groups -OCH3 is 1. The Morgan fingerprint density at radius 3 is 2.43 bits per heavy atom. The van der Waals surface area contributed by atoms with E-state index < -0.39 is 5.97 Å². The summed E-state index contributed by atoms with van der Waals surface area (Å²) < 4.78 is 5.40. The standard InChI is InChI=1S/C18H26O3/c1-3-4-5-6-10-13-17(21-2)16(18(19)20)14-15-11-8-7-9-12-15/h7-9,11-12,14,17H,3-6,10,13H2,1-2H3,(H,19,20). The Labute approximate surface area is 127 Å². The van der Waals surface area contributed by atoms with E-state index in [1.807, 2.05) is 30.3 Å². The number of benzene rings is 1. The molecule has 0 aromatic heterocycles. The number of aliphatic carboxylic acids is 1. The molecule has 0 aliphatic rings. The van der Waals surface area contributed by atoms with Gasteiger partial charge in [0.1, 0.15) is 0 Å². The maximum Gasteiger partial charge on any atom is 0.334 e. The van der Waals surface area contributed by atoms with Crippen LogP contribution in [0.1, 0.15) is 51.0 Å². The van der Waals surface area contributed by atoms with Gasteiger partial charge < -0.3 is 9.84 Å². The Morgan fingerprint density at radius 2 is 1.86 bits per heavy atom. The summed E-state index contributed by atoms with van der Waals surface area (Å²) in [7, 11) is 1.58. The largest absolute Gasteiger partial charge is 0.478 e. The van der Waals surface area contributed by atoms with Gasteiger partial charge in [0.25, 0.3) is 0 Å². The van der Waals surface area contributed by atoms with E-state index in [1.54, 1.807) is 13.2 Å². The number of carbonyl (C=O) groups is 1. The number of carboxylic acids is 1. The second kappa shape index (κ2) is 10.2. The predicted octanol–water partition coefficient (Wildman–Crippen LogP) is 4.53. The molecule has 0 bridgehead atoms. The first-order chi connectivity index (χ1) is 10.2. The quantitative estimate of drug-likeness (QED) is 0.508. The zero-order valence-electron chi connectivity index (χ0n) is 13.0. The maximum atomic E-state index is 11.5. The van der Waals surface area contributed by atoms with E-state index in [4.69, 9.17) is 4.74 Å². The van der Waals surface area contributed by atoms with Crippen molar-refractivity contribution >= 4 is 12.0 Å². The lowest BCUT2D eigenvalue weighted by molar-refractivity contribution is -0.134. The molecule has 0 saturated heterocycles. The summed E-state index contributed by atoms with van der Waals surface area (Å²) in [6.07, 6.45) is 7.91. The minimum absolute atomic E-state index is 0.333. The van der Waals surface area contributed by atoms with E-state index in [0.717, 1.165) is 24.8 Å². The third-order valence-electron chi connectivity index (χ3n) is 3.57. The number of ether oxygens (including phenoxy) is 1. The van der Waals surface area contributed by atoms with Crippen molar-refractivity contribution in [3.05, 3.63) is 41.5 Å². The minimum Gasteiger partial charge on any atom is -0.478 e. The van der Waals surface area contributed by atoms with Crippen molar-refractivity contribution in [2.75, 3.05) is 7.11 Å². The first-order valence-corrected chi connectivity index (χ1v) is 7.71. The number of unbranched alkanes of at least 4 members (excludes halogenated alkanes) is 4. The van der Waals surface area contributed by atoms with E-state index in [-0.39, 0.29) is 6.10 Å². The van der Waals surface area contributed by atoms with Crippen molar-refractivity contribution in [1.82, 2.24) is 0 Å². The van der Waals surface area contributed by atoms with Gasteiger partial charge in [-0.05, 0) is 18.1 Å². The van der Waals surface area contributed by atoms with Crippen LogP contribution >= 0.6 is 0 Å². The SMILES string of the molecule is CCCCCCCC(OC)C(=Cc1ccccc1)C(=O)O. The molecule has 0 saturated carbocycles. The predicted molar refractivity (Wildman–Crippen MR) is 86.2 cm³/mol. The lowest BCUT2D eigenvalue weighted by Crippen LogP contribution is -2.20. The Hall–Kier alpha value is -1.61. The summed E-state index contributed by atoms with van der Waals surface area (Å²) in [4.78, 5) is 11.5. The molecule has 21 heavy (non-hydrogen) atoms. The molecule has 1 atom stereocenters. The fourth-order valence-electron chi connectivity index (χ4n) is 2.35. The molecule has 0 heterocycles. The second-order valence-electron chi connectivity index (χ2n) is 5.24. The number of hydrogen-bond acceptors (Lipinski definition) is 2. The van der Waals surface area contributed by atoms with E-state index in [0.29, 0.717) is 5.57 Å². The highest BCUT2D eigenvalue weighted by atomic mass is 16.5. The summed E-state index contributed by atoms with van der Waals surface area (Å²) >= 11 is 0. The fourth-order valence-corrected chi connectivity index (χ4v) is 2.35. The zero-order chi connectivity index (χ0) is 15.5. The molecule has 0 spiro atoms. The van der Waals surface area contributed by atoms with Crippen molar-refractivity contribution in [1.29, 1.82) is 0 Å². The van der Waals surface area contributed by atoms with Crippen LogP contribution in [-0.4, -0.2) is 24.3 Å². The topological polar surface area (TPSA) is 46.5 Å². The molecular formula is C18H26O3. The third-order valence-corrected chi connectivity index (χ3v) is 3.57. The molecule has 0 fully saturated rings. The Kier molecular flexibility index (Phi) is 8.44. The van der Waals surface area contributed by atoms with E-state index in [2.05, 4.69) is 6.92 Å². The fraction of sp³-hybridized carbons (Fsp3) is 0.500. The number of carboxylic acid groups (broad SMARTS) is 1. The maximum absolute atomic E-state index is 11.5. The smallest absolute Gasteiger partial charge is 0.334 e. The average molecular weight is 290 g/mol. The van der Waals surface area contributed by atoms with Crippen LogP contribution in [0.15, 0.2) is 35.9 Å². The van der Waals surface area contributed by atoms with Gasteiger partial charge in [0.05, 0.1) is 11.7 Å². The van der Waals surface area contributed by atoms with Crippen LogP contribution in [0.25, 0.3) is 6.08 Å². The molecular weight excluding hydrogens is 264 g/mol. The molecule has 0 radical (unpaired) electrons. The number of rotatable bonds is 10. The van der Waals surface area contributed by atoms with Gasteiger partial charge in [-0.25, -0.2) is 4.79 Å².